The molecule has 0 aromatic heterocycles. The zero-order valence-electron chi connectivity index (χ0n) is 16.5. The summed E-state index contributed by atoms with van der Waals surface area (Å²) in [5.74, 6) is -1.35. The van der Waals surface area contributed by atoms with Crippen LogP contribution in [0.1, 0.15) is 33.6 Å². The van der Waals surface area contributed by atoms with Gasteiger partial charge in [-0.2, -0.15) is 0 Å². The van der Waals surface area contributed by atoms with Crippen LogP contribution in [-0.4, -0.2) is 51.4 Å². The zero-order valence-corrected chi connectivity index (χ0v) is 17.4. The van der Waals surface area contributed by atoms with Gasteiger partial charge in [0.1, 0.15) is 0 Å². The summed E-state index contributed by atoms with van der Waals surface area (Å²) in [5.41, 5.74) is 0. The molecule has 0 bridgehead atoms. The van der Waals surface area contributed by atoms with Crippen LogP contribution in [0.2, 0.25) is 0 Å². The lowest BCUT2D eigenvalue weighted by atomic mass is 9.92. The average molecular weight is 418 g/mol. The monoisotopic (exact) mass is 417 g/mol. The summed E-state index contributed by atoms with van der Waals surface area (Å²) in [7, 11) is -4.00. The van der Waals surface area contributed by atoms with Crippen molar-refractivity contribution >= 4 is 15.9 Å². The predicted molar refractivity (Wildman–Crippen MR) is 103 cm³/mol. The van der Waals surface area contributed by atoms with E-state index in [1.807, 2.05) is 6.92 Å². The number of hydrogen-bond acceptors (Lipinski definition) is 4. The van der Waals surface area contributed by atoms with Crippen LogP contribution in [0.15, 0.2) is 23.1 Å². The van der Waals surface area contributed by atoms with Crippen molar-refractivity contribution in [1.82, 2.24) is 14.9 Å². The highest BCUT2D eigenvalue weighted by Gasteiger charge is 2.23. The van der Waals surface area contributed by atoms with Crippen molar-refractivity contribution in [2.24, 2.45) is 11.8 Å². The third-order valence-electron chi connectivity index (χ3n) is 4.73. The van der Waals surface area contributed by atoms with E-state index in [9.17, 15) is 22.0 Å². The molecule has 2 N–H and O–H groups in total. The molecule has 1 aromatic rings. The lowest BCUT2D eigenvalue weighted by Gasteiger charge is -2.36. The summed E-state index contributed by atoms with van der Waals surface area (Å²) in [5, 5.41) is 2.87. The third kappa shape index (κ3) is 6.79. The molecule has 1 aliphatic rings. The number of likely N-dealkylation sites (tertiary alicyclic amines) is 1. The number of piperidine rings is 1. The minimum absolute atomic E-state index is 0.0416. The summed E-state index contributed by atoms with van der Waals surface area (Å²) >= 11 is 0. The van der Waals surface area contributed by atoms with Crippen LogP contribution in [0.25, 0.3) is 0 Å². The van der Waals surface area contributed by atoms with Gasteiger partial charge in [-0.05, 0) is 43.4 Å². The maximum absolute atomic E-state index is 13.2. The highest BCUT2D eigenvalue weighted by molar-refractivity contribution is 7.89. The van der Waals surface area contributed by atoms with Crippen molar-refractivity contribution in [3.63, 3.8) is 0 Å². The molecule has 1 aromatic carbocycles. The van der Waals surface area contributed by atoms with E-state index >= 15 is 0 Å². The zero-order chi connectivity index (χ0) is 20.9. The van der Waals surface area contributed by atoms with Crippen LogP contribution in [0, 0.1) is 23.5 Å². The standard InChI is InChI=1S/C19H29F2N3O3S/c1-13-8-14(2)11-24(10-13)12-15(3)23-19(25)6-7-22-28(26,27)16-4-5-17(20)18(21)9-16/h4-5,9,13-15,22H,6-8,10-12H2,1-3H3,(H,23,25). The molecular weight excluding hydrogens is 388 g/mol. The van der Waals surface area contributed by atoms with Gasteiger partial charge in [-0.25, -0.2) is 21.9 Å². The lowest BCUT2D eigenvalue weighted by molar-refractivity contribution is -0.121. The first kappa shape index (κ1) is 22.7. The molecule has 1 fully saturated rings. The normalized spacial score (nSPS) is 22.0. The van der Waals surface area contributed by atoms with Gasteiger partial charge in [-0.3, -0.25) is 4.79 Å². The molecule has 2 rings (SSSR count). The number of nitrogens with zero attached hydrogens (tertiary/aromatic N) is 1. The van der Waals surface area contributed by atoms with E-state index in [1.54, 1.807) is 0 Å². The largest absolute Gasteiger partial charge is 0.352 e. The first-order valence-corrected chi connectivity index (χ1v) is 11.0. The van der Waals surface area contributed by atoms with Crippen molar-refractivity contribution < 1.29 is 22.0 Å². The summed E-state index contributed by atoms with van der Waals surface area (Å²) in [4.78, 5) is 14.0. The minimum atomic E-state index is -4.00. The number of nitrogens with one attached hydrogen (secondary N) is 2. The van der Waals surface area contributed by atoms with Crippen LogP contribution in [-0.2, 0) is 14.8 Å². The Morgan fingerprint density at radius 3 is 2.46 bits per heavy atom. The highest BCUT2D eigenvalue weighted by Crippen LogP contribution is 2.20. The molecule has 0 aliphatic carbocycles. The van der Waals surface area contributed by atoms with Crippen LogP contribution >= 0.6 is 0 Å². The number of rotatable bonds is 8. The Morgan fingerprint density at radius 1 is 1.21 bits per heavy atom. The molecule has 0 spiro atoms. The fourth-order valence-electron chi connectivity index (χ4n) is 3.75. The van der Waals surface area contributed by atoms with Gasteiger partial charge in [0.15, 0.2) is 11.6 Å². The van der Waals surface area contributed by atoms with Crippen LogP contribution in [0.5, 0.6) is 0 Å². The van der Waals surface area contributed by atoms with Gasteiger partial charge in [0.25, 0.3) is 0 Å². The number of carbonyl (C=O) groups is 1. The molecule has 3 atom stereocenters. The first-order chi connectivity index (χ1) is 13.1. The summed E-state index contributed by atoms with van der Waals surface area (Å²) < 4.78 is 52.5. The second-order valence-electron chi connectivity index (χ2n) is 7.86. The van der Waals surface area contributed by atoms with Crippen LogP contribution < -0.4 is 10.0 Å². The second kappa shape index (κ2) is 9.76. The maximum atomic E-state index is 13.2. The Kier molecular flexibility index (Phi) is 7.91. The fourth-order valence-corrected chi connectivity index (χ4v) is 4.79. The topological polar surface area (TPSA) is 78.5 Å². The molecule has 9 heteroatoms. The molecule has 1 saturated heterocycles. The molecular formula is C19H29F2N3O3S. The number of halogens is 2. The van der Waals surface area contributed by atoms with Gasteiger partial charge in [0.05, 0.1) is 4.90 Å². The van der Waals surface area contributed by atoms with Crippen molar-refractivity contribution in [2.75, 3.05) is 26.2 Å². The van der Waals surface area contributed by atoms with E-state index in [-0.39, 0.29) is 29.8 Å². The Hall–Kier alpha value is -1.58. The smallest absolute Gasteiger partial charge is 0.240 e. The molecule has 0 saturated carbocycles. The van der Waals surface area contributed by atoms with Gasteiger partial charge in [-0.1, -0.05) is 13.8 Å². The second-order valence-corrected chi connectivity index (χ2v) is 9.62. The van der Waals surface area contributed by atoms with E-state index in [2.05, 4.69) is 28.8 Å². The number of hydrogen-bond donors (Lipinski definition) is 2. The summed E-state index contributed by atoms with van der Waals surface area (Å²) in [6.07, 6.45) is 1.18. The highest BCUT2D eigenvalue weighted by atomic mass is 32.2. The fraction of sp³-hybridized carbons (Fsp3) is 0.632. The Balaban J connectivity index is 1.76. The minimum Gasteiger partial charge on any atom is -0.352 e. The summed E-state index contributed by atoms with van der Waals surface area (Å²) in [6, 6.07) is 2.29. The number of carbonyl (C=O) groups excluding carboxylic acids is 1. The first-order valence-electron chi connectivity index (χ1n) is 9.53. The molecule has 0 radical (unpaired) electrons. The Morgan fingerprint density at radius 2 is 1.86 bits per heavy atom. The van der Waals surface area contributed by atoms with Gasteiger partial charge in [-0.15, -0.1) is 0 Å². The van der Waals surface area contributed by atoms with Crippen molar-refractivity contribution in [1.29, 1.82) is 0 Å². The molecule has 3 unspecified atom stereocenters. The Bertz CT molecular complexity index is 779. The molecule has 28 heavy (non-hydrogen) atoms. The third-order valence-corrected chi connectivity index (χ3v) is 6.19. The molecule has 1 heterocycles. The van der Waals surface area contributed by atoms with Crippen molar-refractivity contribution in [3.05, 3.63) is 29.8 Å². The van der Waals surface area contributed by atoms with Crippen LogP contribution in [0.4, 0.5) is 8.78 Å². The quantitative estimate of drug-likeness (QED) is 0.679. The molecule has 6 nitrogen and oxygen atoms in total. The van der Waals surface area contributed by atoms with Crippen LogP contribution in [0.3, 0.4) is 0 Å². The van der Waals surface area contributed by atoms with E-state index in [0.29, 0.717) is 17.9 Å². The van der Waals surface area contributed by atoms with E-state index in [1.165, 1.54) is 6.42 Å². The predicted octanol–water partition coefficient (Wildman–Crippen LogP) is 2.12. The molecule has 158 valence electrons. The average Bonchev–Trinajstić information content (AvgIpc) is 2.55. The summed E-state index contributed by atoms with van der Waals surface area (Å²) in [6.45, 7) is 9.03. The molecule has 1 amide bonds. The maximum Gasteiger partial charge on any atom is 0.240 e. The molecule has 1 aliphatic heterocycles. The van der Waals surface area contributed by atoms with Gasteiger partial charge < -0.3 is 10.2 Å². The van der Waals surface area contributed by atoms with Gasteiger partial charge in [0, 0.05) is 38.6 Å². The SMILES string of the molecule is CC1CC(C)CN(CC(C)NC(=O)CCNS(=O)(=O)c2ccc(F)c(F)c2)C1. The van der Waals surface area contributed by atoms with E-state index in [0.717, 1.165) is 31.8 Å². The Labute approximate surface area is 165 Å². The van der Waals surface area contributed by atoms with E-state index < -0.39 is 21.7 Å². The lowest BCUT2D eigenvalue weighted by Crippen LogP contribution is -2.47. The number of amides is 1. The van der Waals surface area contributed by atoms with Crippen molar-refractivity contribution in [3.8, 4) is 0 Å². The number of sulfonamides is 1. The van der Waals surface area contributed by atoms with E-state index in [4.69, 9.17) is 0 Å². The van der Waals surface area contributed by atoms with Gasteiger partial charge in [0.2, 0.25) is 15.9 Å². The van der Waals surface area contributed by atoms with Crippen molar-refractivity contribution in [2.45, 2.75) is 44.6 Å². The van der Waals surface area contributed by atoms with Gasteiger partial charge >= 0.3 is 0 Å². The number of benzene rings is 1.